The van der Waals surface area contributed by atoms with Crippen molar-refractivity contribution in [1.29, 1.82) is 0 Å². The van der Waals surface area contributed by atoms with Crippen LogP contribution in [0.3, 0.4) is 0 Å². The summed E-state index contributed by atoms with van der Waals surface area (Å²) in [4.78, 5) is 0. The molecule has 0 saturated carbocycles. The van der Waals surface area contributed by atoms with Crippen molar-refractivity contribution in [3.05, 3.63) is 12.2 Å². The average Bonchev–Trinajstić information content (AvgIpc) is 2.30. The van der Waals surface area contributed by atoms with E-state index in [0.717, 1.165) is 18.4 Å². The van der Waals surface area contributed by atoms with Gasteiger partial charge in [-0.05, 0) is 39.0 Å². The molecule has 2 aliphatic heterocycles. The summed E-state index contributed by atoms with van der Waals surface area (Å²) in [5.41, 5.74) is 0.111. The number of hydrogen-bond donors (Lipinski definition) is 1. The molecule has 2 atom stereocenters. The molecule has 0 aromatic rings. The molecule has 86 valence electrons. The molecule has 0 amide bonds. The van der Waals surface area contributed by atoms with Crippen LogP contribution in [0.1, 0.15) is 39.0 Å². The molecule has 2 rings (SSSR count). The van der Waals surface area contributed by atoms with Gasteiger partial charge in [-0.3, -0.25) is 0 Å². The van der Waals surface area contributed by atoms with Gasteiger partial charge in [-0.2, -0.15) is 0 Å². The Labute approximate surface area is 91.1 Å². The van der Waals surface area contributed by atoms with Crippen LogP contribution in [0.25, 0.3) is 0 Å². The van der Waals surface area contributed by atoms with Crippen molar-refractivity contribution < 1.29 is 13.5 Å². The predicted molar refractivity (Wildman–Crippen MR) is 59.3 cm³/mol. The summed E-state index contributed by atoms with van der Waals surface area (Å²) >= 11 is 0. The van der Waals surface area contributed by atoms with Gasteiger partial charge in [0.2, 0.25) is 0 Å². The van der Waals surface area contributed by atoms with Crippen LogP contribution < -0.4 is 0 Å². The lowest BCUT2D eigenvalue weighted by molar-refractivity contribution is 0.0221. The predicted octanol–water partition coefficient (Wildman–Crippen LogP) is 1.42. The SMILES string of the molecule is C=C(C)CC1(O)CC2CCC(C1)S2(=O)=O. The highest BCUT2D eigenvalue weighted by atomic mass is 32.2. The molecule has 0 spiro atoms. The molecule has 3 nitrogen and oxygen atoms in total. The number of fused-ring (bicyclic) bond motifs is 2. The normalized spacial score (nSPS) is 42.8. The summed E-state index contributed by atoms with van der Waals surface area (Å²) in [7, 11) is -2.93. The van der Waals surface area contributed by atoms with E-state index in [4.69, 9.17) is 0 Å². The molecule has 2 heterocycles. The fourth-order valence-corrected chi connectivity index (χ4v) is 5.60. The summed E-state index contributed by atoms with van der Waals surface area (Å²) in [6.45, 7) is 5.67. The van der Waals surface area contributed by atoms with Crippen molar-refractivity contribution >= 4 is 9.84 Å². The maximum atomic E-state index is 11.8. The van der Waals surface area contributed by atoms with Crippen molar-refractivity contribution in [1.82, 2.24) is 0 Å². The lowest BCUT2D eigenvalue weighted by atomic mass is 9.87. The molecule has 2 unspecified atom stereocenters. The quantitative estimate of drug-likeness (QED) is 0.730. The zero-order valence-corrected chi connectivity index (χ0v) is 9.89. The van der Waals surface area contributed by atoms with Gasteiger partial charge in [0.1, 0.15) is 0 Å². The molecule has 0 radical (unpaired) electrons. The summed E-state index contributed by atoms with van der Waals surface area (Å²) in [5, 5.41) is 9.72. The second-order valence-electron chi connectivity index (χ2n) is 5.18. The number of rotatable bonds is 2. The van der Waals surface area contributed by atoms with E-state index in [0.29, 0.717) is 19.3 Å². The van der Waals surface area contributed by atoms with Crippen LogP contribution in [-0.2, 0) is 9.84 Å². The molecule has 4 heteroatoms. The lowest BCUT2D eigenvalue weighted by Crippen LogP contribution is -2.45. The van der Waals surface area contributed by atoms with E-state index >= 15 is 0 Å². The van der Waals surface area contributed by atoms with Crippen LogP contribution in [-0.4, -0.2) is 29.6 Å². The fraction of sp³-hybridized carbons (Fsp3) is 0.818. The van der Waals surface area contributed by atoms with Gasteiger partial charge in [-0.1, -0.05) is 5.57 Å². The third-order valence-electron chi connectivity index (χ3n) is 3.59. The summed E-state index contributed by atoms with van der Waals surface area (Å²) in [5.74, 6) is 0. The van der Waals surface area contributed by atoms with E-state index in [1.165, 1.54) is 0 Å². The Morgan fingerprint density at radius 2 is 1.87 bits per heavy atom. The van der Waals surface area contributed by atoms with Crippen LogP contribution in [0.2, 0.25) is 0 Å². The molecule has 0 aliphatic carbocycles. The fourth-order valence-electron chi connectivity index (χ4n) is 3.05. The first-order chi connectivity index (χ1) is 6.83. The van der Waals surface area contributed by atoms with E-state index in [2.05, 4.69) is 6.58 Å². The minimum Gasteiger partial charge on any atom is -0.389 e. The number of aliphatic hydroxyl groups is 1. The van der Waals surface area contributed by atoms with Gasteiger partial charge >= 0.3 is 0 Å². The monoisotopic (exact) mass is 230 g/mol. The molecule has 0 aromatic heterocycles. The van der Waals surface area contributed by atoms with Gasteiger partial charge in [-0.15, -0.1) is 6.58 Å². The van der Waals surface area contributed by atoms with E-state index in [9.17, 15) is 13.5 Å². The van der Waals surface area contributed by atoms with Crippen molar-refractivity contribution in [2.45, 2.75) is 55.1 Å². The van der Waals surface area contributed by atoms with Crippen LogP contribution in [0.4, 0.5) is 0 Å². The van der Waals surface area contributed by atoms with Gasteiger partial charge < -0.3 is 5.11 Å². The second kappa shape index (κ2) is 3.32. The van der Waals surface area contributed by atoms with E-state index in [1.54, 1.807) is 0 Å². The Morgan fingerprint density at radius 1 is 1.40 bits per heavy atom. The van der Waals surface area contributed by atoms with Gasteiger partial charge in [0.15, 0.2) is 9.84 Å². The third-order valence-corrected chi connectivity index (χ3v) is 6.25. The van der Waals surface area contributed by atoms with E-state index in [1.807, 2.05) is 6.92 Å². The largest absolute Gasteiger partial charge is 0.389 e. The third kappa shape index (κ3) is 1.85. The maximum Gasteiger partial charge on any atom is 0.156 e. The van der Waals surface area contributed by atoms with Gasteiger partial charge in [-0.25, -0.2) is 8.42 Å². The van der Waals surface area contributed by atoms with Crippen molar-refractivity contribution in [2.24, 2.45) is 0 Å². The molecule has 2 saturated heterocycles. The Kier molecular flexibility index (Phi) is 2.47. The highest BCUT2D eigenvalue weighted by Gasteiger charge is 2.52. The summed E-state index contributed by atoms with van der Waals surface area (Å²) in [6, 6.07) is 0. The van der Waals surface area contributed by atoms with Crippen molar-refractivity contribution in [3.63, 3.8) is 0 Å². The van der Waals surface area contributed by atoms with Crippen LogP contribution >= 0.6 is 0 Å². The van der Waals surface area contributed by atoms with Crippen LogP contribution in [0.15, 0.2) is 12.2 Å². The van der Waals surface area contributed by atoms with Gasteiger partial charge in [0, 0.05) is 0 Å². The topological polar surface area (TPSA) is 54.4 Å². The van der Waals surface area contributed by atoms with Gasteiger partial charge in [0.05, 0.1) is 16.1 Å². The van der Waals surface area contributed by atoms with Crippen LogP contribution in [0.5, 0.6) is 0 Å². The van der Waals surface area contributed by atoms with Gasteiger partial charge in [0.25, 0.3) is 0 Å². The van der Waals surface area contributed by atoms with Crippen molar-refractivity contribution in [3.8, 4) is 0 Å². The summed E-state index contributed by atoms with van der Waals surface area (Å²) < 4.78 is 23.6. The first kappa shape index (κ1) is 11.1. The molecule has 1 N–H and O–H groups in total. The Morgan fingerprint density at radius 3 is 2.27 bits per heavy atom. The highest BCUT2D eigenvalue weighted by molar-refractivity contribution is 7.93. The standard InChI is InChI=1S/C11H18O3S/c1-8(2)5-11(12)6-9-3-4-10(7-11)15(9,13)14/h9-10,12H,1,3-7H2,2H3. The minimum absolute atomic E-state index is 0.305. The summed E-state index contributed by atoms with van der Waals surface area (Å²) in [6.07, 6.45) is 2.80. The number of sulfone groups is 1. The van der Waals surface area contributed by atoms with Crippen molar-refractivity contribution in [2.75, 3.05) is 0 Å². The Hall–Kier alpha value is -0.350. The maximum absolute atomic E-state index is 11.8. The molecule has 0 aromatic carbocycles. The zero-order chi connectivity index (χ0) is 11.3. The van der Waals surface area contributed by atoms with E-state index in [-0.39, 0.29) is 10.5 Å². The molecule has 2 bridgehead atoms. The molecular formula is C11H18O3S. The molecular weight excluding hydrogens is 212 g/mol. The zero-order valence-electron chi connectivity index (χ0n) is 9.07. The first-order valence-corrected chi connectivity index (χ1v) is 7.04. The Bertz CT molecular complexity index is 363. The highest BCUT2D eigenvalue weighted by Crippen LogP contribution is 2.45. The minimum atomic E-state index is -2.93. The molecule has 2 aliphatic rings. The second-order valence-corrected chi connectivity index (χ2v) is 7.69. The number of hydrogen-bond acceptors (Lipinski definition) is 3. The first-order valence-electron chi connectivity index (χ1n) is 5.43. The Balaban J connectivity index is 2.21. The smallest absolute Gasteiger partial charge is 0.156 e. The van der Waals surface area contributed by atoms with E-state index < -0.39 is 15.4 Å². The molecule has 2 fully saturated rings. The average molecular weight is 230 g/mol. The van der Waals surface area contributed by atoms with Crippen LogP contribution in [0, 0.1) is 0 Å². The molecule has 15 heavy (non-hydrogen) atoms. The lowest BCUT2D eigenvalue weighted by Gasteiger charge is -2.36.